The Morgan fingerprint density at radius 1 is 1.38 bits per heavy atom. The maximum atomic E-state index is 12.8. The van der Waals surface area contributed by atoms with E-state index < -0.39 is 0 Å². The minimum absolute atomic E-state index is 0.0598. The number of thiophene rings is 1. The molecule has 0 radical (unpaired) electrons. The van der Waals surface area contributed by atoms with Crippen molar-refractivity contribution in [2.24, 2.45) is 0 Å². The third kappa shape index (κ3) is 3.82. The Bertz CT molecular complexity index is 758. The number of likely N-dealkylation sites (tertiary alicyclic amines) is 1. The molecule has 1 unspecified atom stereocenters. The van der Waals surface area contributed by atoms with Crippen molar-refractivity contribution in [2.75, 3.05) is 38.2 Å². The van der Waals surface area contributed by atoms with Crippen molar-refractivity contribution in [2.45, 2.75) is 25.4 Å². The number of aromatic amines is 1. The van der Waals surface area contributed by atoms with Crippen molar-refractivity contribution in [1.29, 1.82) is 0 Å². The zero-order valence-electron chi connectivity index (χ0n) is 14.4. The Balaban J connectivity index is 1.39. The second-order valence-electron chi connectivity index (χ2n) is 6.50. The molecule has 0 saturated carbocycles. The second-order valence-corrected chi connectivity index (χ2v) is 8.30. The molecule has 4 heterocycles. The lowest BCUT2D eigenvalue weighted by molar-refractivity contribution is 0.0420. The summed E-state index contributed by atoms with van der Waals surface area (Å²) in [6.07, 6.45) is 1.97. The smallest absolute Gasteiger partial charge is 0.320 e. The Labute approximate surface area is 161 Å². The Morgan fingerprint density at radius 2 is 2.23 bits per heavy atom. The zero-order valence-corrected chi connectivity index (χ0v) is 16.0. The molecule has 9 heteroatoms. The molecule has 0 aromatic carbocycles. The molecule has 2 N–H and O–H groups in total. The Morgan fingerprint density at radius 3 is 3.00 bits per heavy atom. The number of halogens is 1. The molecular formula is C17H22ClN5O2S. The van der Waals surface area contributed by atoms with E-state index in [9.17, 15) is 4.79 Å². The van der Waals surface area contributed by atoms with Gasteiger partial charge in [-0.15, -0.1) is 11.3 Å². The quantitative estimate of drug-likeness (QED) is 0.832. The molecule has 0 spiro atoms. The number of hydrogen-bond donors (Lipinski definition) is 2. The molecule has 2 aliphatic heterocycles. The molecule has 2 aromatic heterocycles. The number of rotatable bonds is 4. The first-order valence-electron chi connectivity index (χ1n) is 8.87. The van der Waals surface area contributed by atoms with Crippen LogP contribution >= 0.6 is 22.9 Å². The molecule has 0 aliphatic carbocycles. The minimum Gasteiger partial charge on any atom is -0.378 e. The first-order chi connectivity index (χ1) is 12.7. The molecule has 2 amide bonds. The van der Waals surface area contributed by atoms with Crippen LogP contribution in [0, 0.1) is 0 Å². The topological polar surface area (TPSA) is 73.5 Å². The van der Waals surface area contributed by atoms with Crippen molar-refractivity contribution < 1.29 is 9.53 Å². The van der Waals surface area contributed by atoms with Gasteiger partial charge in [0, 0.05) is 30.6 Å². The largest absolute Gasteiger partial charge is 0.378 e. The first kappa shape index (κ1) is 17.6. The van der Waals surface area contributed by atoms with E-state index in [-0.39, 0.29) is 12.1 Å². The summed E-state index contributed by atoms with van der Waals surface area (Å²) in [5, 5.41) is 10.8. The van der Waals surface area contributed by atoms with E-state index in [1.165, 1.54) is 0 Å². The summed E-state index contributed by atoms with van der Waals surface area (Å²) < 4.78 is 6.13. The maximum Gasteiger partial charge on any atom is 0.320 e. The number of H-pyrrole nitrogens is 1. The van der Waals surface area contributed by atoms with Crippen molar-refractivity contribution in [3.05, 3.63) is 33.1 Å². The van der Waals surface area contributed by atoms with E-state index in [1.54, 1.807) is 11.3 Å². The number of nitrogens with zero attached hydrogens (tertiary/aromatic N) is 3. The summed E-state index contributed by atoms with van der Waals surface area (Å²) in [5.74, 6) is 0.787. The third-order valence-electron chi connectivity index (χ3n) is 4.81. The molecule has 0 bridgehead atoms. The molecule has 2 fully saturated rings. The van der Waals surface area contributed by atoms with Crippen LogP contribution in [0.5, 0.6) is 0 Å². The number of ether oxygens (including phenoxy) is 1. The molecular weight excluding hydrogens is 374 g/mol. The normalized spacial score (nSPS) is 20.6. The van der Waals surface area contributed by atoms with Crippen LogP contribution in [-0.4, -0.2) is 58.9 Å². The number of urea groups is 1. The fourth-order valence-electron chi connectivity index (χ4n) is 3.48. The highest BCUT2D eigenvalue weighted by Crippen LogP contribution is 2.33. The average molecular weight is 396 g/mol. The van der Waals surface area contributed by atoms with Gasteiger partial charge in [0.15, 0.2) is 0 Å². The highest BCUT2D eigenvalue weighted by molar-refractivity contribution is 7.16. The number of hydrogen-bond acceptors (Lipinski definition) is 5. The third-order valence-corrected chi connectivity index (χ3v) is 6.04. The lowest BCUT2D eigenvalue weighted by Crippen LogP contribution is -2.47. The van der Waals surface area contributed by atoms with Gasteiger partial charge in [0.05, 0.1) is 35.8 Å². The lowest BCUT2D eigenvalue weighted by atomic mass is 10.1. The predicted molar refractivity (Wildman–Crippen MR) is 102 cm³/mol. The summed E-state index contributed by atoms with van der Waals surface area (Å²) >= 11 is 7.52. The van der Waals surface area contributed by atoms with Crippen LogP contribution in [0.2, 0.25) is 4.34 Å². The van der Waals surface area contributed by atoms with Gasteiger partial charge in [-0.2, -0.15) is 5.10 Å². The van der Waals surface area contributed by atoms with Crippen LogP contribution in [-0.2, 0) is 11.3 Å². The van der Waals surface area contributed by atoms with Gasteiger partial charge in [0.2, 0.25) is 0 Å². The molecule has 2 aromatic rings. The second kappa shape index (κ2) is 7.85. The fourth-order valence-corrected chi connectivity index (χ4v) is 4.50. The van der Waals surface area contributed by atoms with Crippen molar-refractivity contribution in [3.63, 3.8) is 0 Å². The van der Waals surface area contributed by atoms with Crippen LogP contribution in [0.4, 0.5) is 10.6 Å². The van der Waals surface area contributed by atoms with Crippen LogP contribution in [0.1, 0.15) is 29.5 Å². The van der Waals surface area contributed by atoms with Crippen LogP contribution < -0.4 is 5.32 Å². The predicted octanol–water partition coefficient (Wildman–Crippen LogP) is 3.33. The van der Waals surface area contributed by atoms with Gasteiger partial charge in [-0.05, 0) is 25.0 Å². The van der Waals surface area contributed by atoms with E-state index in [2.05, 4.69) is 15.5 Å². The molecule has 26 heavy (non-hydrogen) atoms. The monoisotopic (exact) mass is 395 g/mol. The van der Waals surface area contributed by atoms with E-state index in [0.29, 0.717) is 32.8 Å². The van der Waals surface area contributed by atoms with E-state index in [4.69, 9.17) is 16.3 Å². The van der Waals surface area contributed by atoms with E-state index >= 15 is 0 Å². The van der Waals surface area contributed by atoms with Gasteiger partial charge in [-0.25, -0.2) is 4.79 Å². The zero-order chi connectivity index (χ0) is 17.9. The van der Waals surface area contributed by atoms with Crippen molar-refractivity contribution >= 4 is 34.8 Å². The number of anilines is 1. The van der Waals surface area contributed by atoms with Gasteiger partial charge >= 0.3 is 6.03 Å². The molecule has 2 saturated heterocycles. The highest BCUT2D eigenvalue weighted by Gasteiger charge is 2.34. The van der Waals surface area contributed by atoms with Crippen LogP contribution in [0.3, 0.4) is 0 Å². The summed E-state index contributed by atoms with van der Waals surface area (Å²) in [4.78, 5) is 17.8. The van der Waals surface area contributed by atoms with Gasteiger partial charge in [0.1, 0.15) is 5.82 Å². The summed E-state index contributed by atoms with van der Waals surface area (Å²) in [6, 6.07) is 6.07. The number of morpholine rings is 1. The standard InChI is InChI=1S/C17H22ClN5O2S/c18-15-4-3-12(26-15)11-19-16-10-13(20-21-16)14-2-1-5-23(14)17(24)22-6-8-25-9-7-22/h3-4,10,14H,1-2,5-9,11H2,(H2,19,20,21). The van der Waals surface area contributed by atoms with Gasteiger partial charge in [-0.3, -0.25) is 5.10 Å². The summed E-state index contributed by atoms with van der Waals surface area (Å²) in [5.41, 5.74) is 0.982. The van der Waals surface area contributed by atoms with E-state index in [0.717, 1.165) is 40.1 Å². The summed E-state index contributed by atoms with van der Waals surface area (Å²) in [7, 11) is 0. The van der Waals surface area contributed by atoms with Crippen molar-refractivity contribution in [3.8, 4) is 0 Å². The number of aromatic nitrogens is 2. The Hall–Kier alpha value is -1.77. The SMILES string of the molecule is O=C(N1CCOCC1)N1CCCC1c1cc(NCc2ccc(Cl)s2)n[nH]1. The van der Waals surface area contributed by atoms with Crippen LogP contribution in [0.15, 0.2) is 18.2 Å². The first-order valence-corrected chi connectivity index (χ1v) is 10.1. The fraction of sp³-hybridized carbons (Fsp3) is 0.529. The average Bonchev–Trinajstić information content (AvgIpc) is 3.40. The Kier molecular flexibility index (Phi) is 5.33. The van der Waals surface area contributed by atoms with Gasteiger partial charge < -0.3 is 19.9 Å². The van der Waals surface area contributed by atoms with E-state index in [1.807, 2.05) is 28.0 Å². The van der Waals surface area contributed by atoms with Crippen molar-refractivity contribution in [1.82, 2.24) is 20.0 Å². The number of carbonyl (C=O) groups excluding carboxylic acids is 1. The van der Waals surface area contributed by atoms with Gasteiger partial charge in [-0.1, -0.05) is 11.6 Å². The number of amides is 2. The molecule has 140 valence electrons. The van der Waals surface area contributed by atoms with Gasteiger partial charge in [0.25, 0.3) is 0 Å². The molecule has 4 rings (SSSR count). The number of nitrogens with one attached hydrogen (secondary N) is 2. The number of carbonyl (C=O) groups is 1. The maximum absolute atomic E-state index is 12.8. The highest BCUT2D eigenvalue weighted by atomic mass is 35.5. The molecule has 1 atom stereocenters. The summed E-state index contributed by atoms with van der Waals surface area (Å²) in [6.45, 7) is 4.05. The molecule has 2 aliphatic rings. The lowest BCUT2D eigenvalue weighted by Gasteiger charge is -2.33. The van der Waals surface area contributed by atoms with Crippen LogP contribution in [0.25, 0.3) is 0 Å². The minimum atomic E-state index is 0.0598. The molecule has 7 nitrogen and oxygen atoms in total.